The summed E-state index contributed by atoms with van der Waals surface area (Å²) in [5.74, 6) is -3.84. The Kier molecular flexibility index (Phi) is 4.75. The van der Waals surface area contributed by atoms with Gasteiger partial charge in [0.25, 0.3) is 11.8 Å². The van der Waals surface area contributed by atoms with Gasteiger partial charge < -0.3 is 19.7 Å². The molecule has 3 aromatic rings. The molecule has 2 N–H and O–H groups in total. The van der Waals surface area contributed by atoms with Crippen LogP contribution in [0.2, 0.25) is 0 Å². The molecule has 0 saturated carbocycles. The fourth-order valence-electron chi connectivity index (χ4n) is 5.23. The monoisotopic (exact) mass is 479 g/mol. The highest BCUT2D eigenvalue weighted by molar-refractivity contribution is 5.99. The number of aromatic hydroxyl groups is 1. The molecule has 1 saturated heterocycles. The minimum atomic E-state index is -1.01. The molecule has 0 bridgehead atoms. The molecule has 178 valence electrons. The van der Waals surface area contributed by atoms with E-state index < -0.39 is 46.4 Å². The first-order chi connectivity index (χ1) is 16.8. The number of nitrogens with one attached hydrogen (secondary N) is 1. The van der Waals surface area contributed by atoms with Gasteiger partial charge in [-0.3, -0.25) is 19.3 Å². The van der Waals surface area contributed by atoms with Crippen LogP contribution in [-0.4, -0.2) is 38.7 Å². The van der Waals surface area contributed by atoms with E-state index in [0.29, 0.717) is 12.5 Å². The fraction of sp³-hybridized carbons (Fsp3) is 0.240. The molecule has 35 heavy (non-hydrogen) atoms. The molecule has 3 atom stereocenters. The predicted octanol–water partition coefficient (Wildman–Crippen LogP) is 2.24. The van der Waals surface area contributed by atoms with Gasteiger partial charge in [0.05, 0.1) is 18.7 Å². The molecule has 10 heteroatoms. The van der Waals surface area contributed by atoms with Crippen molar-refractivity contribution in [1.82, 2.24) is 14.8 Å². The fourth-order valence-corrected chi connectivity index (χ4v) is 5.23. The van der Waals surface area contributed by atoms with Crippen LogP contribution in [-0.2, 0) is 24.2 Å². The zero-order valence-electron chi connectivity index (χ0n) is 18.2. The van der Waals surface area contributed by atoms with Crippen molar-refractivity contribution in [1.29, 1.82) is 0 Å². The number of pyridine rings is 1. The highest BCUT2D eigenvalue weighted by Gasteiger charge is 2.52. The van der Waals surface area contributed by atoms with Gasteiger partial charge in [0.15, 0.2) is 17.7 Å². The zero-order valence-corrected chi connectivity index (χ0v) is 18.2. The SMILES string of the molecule is O=C(NCc1ccc(F)cc1F)c1cn2c(c(O)c1=O)C(=O)N1C(C2)O[C@@H]2Cc3ccccc3[C@@H]21. The Balaban J connectivity index is 1.30. The van der Waals surface area contributed by atoms with Crippen molar-refractivity contribution < 1.29 is 28.2 Å². The van der Waals surface area contributed by atoms with E-state index in [2.05, 4.69) is 5.32 Å². The number of nitrogens with zero attached hydrogens (tertiary/aromatic N) is 2. The zero-order chi connectivity index (χ0) is 24.4. The smallest absolute Gasteiger partial charge is 0.277 e. The first kappa shape index (κ1) is 21.5. The number of amides is 2. The van der Waals surface area contributed by atoms with Crippen molar-refractivity contribution in [3.63, 3.8) is 0 Å². The molecule has 1 unspecified atom stereocenters. The van der Waals surface area contributed by atoms with Crippen molar-refractivity contribution in [2.24, 2.45) is 0 Å². The van der Waals surface area contributed by atoms with Crippen molar-refractivity contribution in [3.8, 4) is 5.75 Å². The van der Waals surface area contributed by atoms with Crippen LogP contribution in [0.5, 0.6) is 5.75 Å². The van der Waals surface area contributed by atoms with E-state index in [1.807, 2.05) is 24.3 Å². The Morgan fingerprint density at radius 2 is 1.97 bits per heavy atom. The van der Waals surface area contributed by atoms with Gasteiger partial charge in [0.1, 0.15) is 17.2 Å². The second-order valence-electron chi connectivity index (χ2n) is 8.83. The maximum atomic E-state index is 13.9. The Morgan fingerprint density at radius 1 is 1.17 bits per heavy atom. The molecule has 0 spiro atoms. The van der Waals surface area contributed by atoms with Gasteiger partial charge in [-0.1, -0.05) is 30.3 Å². The summed E-state index contributed by atoms with van der Waals surface area (Å²) in [5.41, 5.74) is 0.473. The molecule has 1 fully saturated rings. The molecule has 1 aromatic heterocycles. The van der Waals surface area contributed by atoms with Crippen molar-refractivity contribution in [3.05, 3.63) is 98.5 Å². The first-order valence-electron chi connectivity index (χ1n) is 11.1. The number of carbonyl (C=O) groups excluding carboxylic acids is 2. The van der Waals surface area contributed by atoms with Crippen molar-refractivity contribution in [2.45, 2.75) is 37.9 Å². The molecule has 8 nitrogen and oxygen atoms in total. The maximum Gasteiger partial charge on any atom is 0.277 e. The molecule has 2 aliphatic heterocycles. The number of aromatic nitrogens is 1. The Hall–Kier alpha value is -4.05. The quantitative estimate of drug-likeness (QED) is 0.600. The summed E-state index contributed by atoms with van der Waals surface area (Å²) in [5, 5.41) is 13.1. The number of fused-ring (bicyclic) bond motifs is 6. The normalized spacial score (nSPS) is 21.8. The lowest BCUT2D eigenvalue weighted by Crippen LogP contribution is -2.47. The molecule has 2 amide bonds. The average Bonchev–Trinajstić information content (AvgIpc) is 3.36. The van der Waals surface area contributed by atoms with E-state index in [4.69, 9.17) is 4.74 Å². The van der Waals surface area contributed by atoms with E-state index in [9.17, 15) is 28.3 Å². The number of benzene rings is 2. The lowest BCUT2D eigenvalue weighted by atomic mass is 10.0. The van der Waals surface area contributed by atoms with Gasteiger partial charge in [0, 0.05) is 30.8 Å². The van der Waals surface area contributed by atoms with E-state index in [1.54, 1.807) is 4.90 Å². The van der Waals surface area contributed by atoms with Gasteiger partial charge in [0.2, 0.25) is 5.43 Å². The highest BCUT2D eigenvalue weighted by Crippen LogP contribution is 2.46. The molecular weight excluding hydrogens is 460 g/mol. The van der Waals surface area contributed by atoms with Crippen molar-refractivity contribution in [2.75, 3.05) is 0 Å². The van der Waals surface area contributed by atoms with Gasteiger partial charge in [-0.25, -0.2) is 8.78 Å². The lowest BCUT2D eigenvalue weighted by Gasteiger charge is -2.34. The summed E-state index contributed by atoms with van der Waals surface area (Å²) in [6.45, 7) is -0.176. The molecule has 0 radical (unpaired) electrons. The van der Waals surface area contributed by atoms with Crippen LogP contribution in [0.1, 0.15) is 43.6 Å². The second-order valence-corrected chi connectivity index (χ2v) is 8.83. The van der Waals surface area contributed by atoms with E-state index in [-0.39, 0.29) is 36.5 Å². The molecule has 2 aromatic carbocycles. The van der Waals surface area contributed by atoms with Crippen LogP contribution in [0.4, 0.5) is 8.78 Å². The van der Waals surface area contributed by atoms with Crippen LogP contribution in [0, 0.1) is 11.6 Å². The van der Waals surface area contributed by atoms with Crippen molar-refractivity contribution >= 4 is 11.8 Å². The summed E-state index contributed by atoms with van der Waals surface area (Å²) >= 11 is 0. The number of ether oxygens (including phenoxy) is 1. The largest absolute Gasteiger partial charge is 0.503 e. The third kappa shape index (κ3) is 3.24. The number of carbonyl (C=O) groups is 2. The van der Waals surface area contributed by atoms with E-state index >= 15 is 0 Å². The van der Waals surface area contributed by atoms with Gasteiger partial charge in [-0.05, 0) is 17.2 Å². The van der Waals surface area contributed by atoms with Gasteiger partial charge >= 0.3 is 0 Å². The Labute approximate surface area is 197 Å². The number of hydrogen-bond donors (Lipinski definition) is 2. The van der Waals surface area contributed by atoms with E-state index in [0.717, 1.165) is 17.2 Å². The van der Waals surface area contributed by atoms with E-state index in [1.165, 1.54) is 16.8 Å². The number of rotatable bonds is 3. The average molecular weight is 479 g/mol. The minimum absolute atomic E-state index is 0.0269. The third-order valence-electron chi connectivity index (χ3n) is 6.83. The standard InChI is InChI=1S/C25H19F2N3O5/c26-14-6-5-13(17(27)8-14)9-28-24(33)16-10-29-11-19-30(25(34)21(29)23(32)22(16)31)20-15-4-2-1-3-12(15)7-18(20)35-19/h1-6,8,10,18-20,32H,7,9,11H2,(H,28,33)/t18-,19?,20+/m1/s1. The molecular formula is C25H19F2N3O5. The summed E-state index contributed by atoms with van der Waals surface area (Å²) in [6.07, 6.45) is 0.992. The maximum absolute atomic E-state index is 13.9. The summed E-state index contributed by atoms with van der Waals surface area (Å²) in [7, 11) is 0. The third-order valence-corrected chi connectivity index (χ3v) is 6.83. The van der Waals surface area contributed by atoms with Gasteiger partial charge in [-0.15, -0.1) is 0 Å². The summed E-state index contributed by atoms with van der Waals surface area (Å²) in [4.78, 5) is 40.5. The van der Waals surface area contributed by atoms with Crippen LogP contribution in [0.25, 0.3) is 0 Å². The summed E-state index contributed by atoms with van der Waals surface area (Å²) in [6, 6.07) is 10.3. The van der Waals surface area contributed by atoms with Crippen LogP contribution in [0.15, 0.2) is 53.5 Å². The van der Waals surface area contributed by atoms with Crippen LogP contribution in [0.3, 0.4) is 0 Å². The van der Waals surface area contributed by atoms with Crippen LogP contribution < -0.4 is 10.7 Å². The highest BCUT2D eigenvalue weighted by atomic mass is 19.1. The summed E-state index contributed by atoms with van der Waals surface area (Å²) < 4.78 is 34.5. The molecule has 3 heterocycles. The number of hydrogen-bond acceptors (Lipinski definition) is 5. The Bertz CT molecular complexity index is 1470. The number of halogens is 2. The molecule has 1 aliphatic carbocycles. The minimum Gasteiger partial charge on any atom is -0.503 e. The topological polar surface area (TPSA) is 101 Å². The molecule has 6 rings (SSSR count). The first-order valence-corrected chi connectivity index (χ1v) is 11.1. The predicted molar refractivity (Wildman–Crippen MR) is 118 cm³/mol. The van der Waals surface area contributed by atoms with Gasteiger partial charge in [-0.2, -0.15) is 0 Å². The Morgan fingerprint density at radius 3 is 2.77 bits per heavy atom. The molecule has 3 aliphatic rings. The lowest BCUT2D eigenvalue weighted by molar-refractivity contribution is -0.0149. The van der Waals surface area contributed by atoms with Crippen LogP contribution >= 0.6 is 0 Å². The second kappa shape index (κ2) is 7.74.